The van der Waals surface area contributed by atoms with Crippen LogP contribution in [0, 0.1) is 0 Å². The Kier molecular flexibility index (Phi) is 2.07. The molecule has 0 aromatic carbocycles. The molecule has 0 fully saturated rings. The largest absolute Gasteiger partial charge is 0.457 e. The van der Waals surface area contributed by atoms with Crippen molar-refractivity contribution in [2.24, 2.45) is 0 Å². The van der Waals surface area contributed by atoms with Crippen LogP contribution in [0.15, 0.2) is 22.8 Å². The van der Waals surface area contributed by atoms with Gasteiger partial charge in [0.1, 0.15) is 0 Å². The molecule has 0 aliphatic heterocycles. The van der Waals surface area contributed by atoms with Gasteiger partial charge in [-0.3, -0.25) is 0 Å². The van der Waals surface area contributed by atoms with Crippen molar-refractivity contribution in [1.29, 1.82) is 0 Å². The Morgan fingerprint density at radius 1 is 1.80 bits per heavy atom. The lowest BCUT2D eigenvalue weighted by Crippen LogP contribution is -2.03. The van der Waals surface area contributed by atoms with E-state index in [2.05, 4.69) is 9.15 Å². The highest BCUT2D eigenvalue weighted by molar-refractivity contribution is 5.86. The molecule has 1 N–H and O–H groups in total. The molecular weight excluding hydrogens is 136 g/mol. The molecule has 0 saturated heterocycles. The highest BCUT2D eigenvalue weighted by Gasteiger charge is 2.07. The topological polar surface area (TPSA) is 59.7 Å². The molecule has 0 saturated carbocycles. The van der Waals surface area contributed by atoms with Crippen molar-refractivity contribution in [2.45, 2.75) is 0 Å². The predicted octanol–water partition coefficient (Wildman–Crippen LogP) is 0.386. The van der Waals surface area contributed by atoms with E-state index in [1.165, 1.54) is 12.3 Å². The smallest absolute Gasteiger partial charge is 0.376 e. The molecule has 0 amide bonds. The monoisotopic (exact) mass is 142 g/mol. The van der Waals surface area contributed by atoms with E-state index < -0.39 is 12.8 Å². The van der Waals surface area contributed by atoms with E-state index in [-0.39, 0.29) is 5.76 Å². The number of aliphatic hydroxyl groups is 1. The number of carbonyl (C=O) groups excluding carboxylic acids is 1. The molecule has 0 bridgehead atoms. The van der Waals surface area contributed by atoms with Gasteiger partial charge in [0, 0.05) is 0 Å². The summed E-state index contributed by atoms with van der Waals surface area (Å²) in [5.41, 5.74) is 0. The summed E-state index contributed by atoms with van der Waals surface area (Å²) in [6, 6.07) is 3.02. The lowest BCUT2D eigenvalue weighted by Gasteiger charge is -1.94. The van der Waals surface area contributed by atoms with Gasteiger partial charge in [-0.2, -0.15) is 0 Å². The molecule has 0 aliphatic rings. The second-order valence-electron chi connectivity index (χ2n) is 1.54. The first-order valence-electron chi connectivity index (χ1n) is 2.66. The quantitative estimate of drug-likeness (QED) is 0.479. The van der Waals surface area contributed by atoms with E-state index in [0.29, 0.717) is 0 Å². The molecule has 4 heteroatoms. The first-order chi connectivity index (χ1) is 4.84. The Morgan fingerprint density at radius 3 is 3.10 bits per heavy atom. The van der Waals surface area contributed by atoms with Crippen molar-refractivity contribution in [2.75, 3.05) is 6.79 Å². The minimum Gasteiger partial charge on any atom is -0.457 e. The van der Waals surface area contributed by atoms with Crippen molar-refractivity contribution in [3.63, 3.8) is 0 Å². The van der Waals surface area contributed by atoms with Crippen LogP contribution in [0.3, 0.4) is 0 Å². The summed E-state index contributed by atoms with van der Waals surface area (Å²) < 4.78 is 8.87. The average molecular weight is 142 g/mol. The van der Waals surface area contributed by atoms with E-state index in [0.717, 1.165) is 0 Å². The number of ether oxygens (including phenoxy) is 1. The Morgan fingerprint density at radius 2 is 2.60 bits per heavy atom. The fourth-order valence-electron chi connectivity index (χ4n) is 0.524. The van der Waals surface area contributed by atoms with Gasteiger partial charge in [0.25, 0.3) is 0 Å². The summed E-state index contributed by atoms with van der Waals surface area (Å²) in [6.07, 6.45) is 1.36. The summed E-state index contributed by atoms with van der Waals surface area (Å²) in [4.78, 5) is 10.6. The van der Waals surface area contributed by atoms with Gasteiger partial charge in [-0.15, -0.1) is 0 Å². The van der Waals surface area contributed by atoms with E-state index in [4.69, 9.17) is 5.11 Å². The molecule has 0 unspecified atom stereocenters. The van der Waals surface area contributed by atoms with E-state index in [1.807, 2.05) is 0 Å². The lowest BCUT2D eigenvalue weighted by atomic mass is 10.5. The number of aliphatic hydroxyl groups excluding tert-OH is 1. The van der Waals surface area contributed by atoms with Gasteiger partial charge in [-0.05, 0) is 12.1 Å². The van der Waals surface area contributed by atoms with Gasteiger partial charge >= 0.3 is 5.97 Å². The molecule has 1 rings (SSSR count). The van der Waals surface area contributed by atoms with Crippen LogP contribution in [0.4, 0.5) is 0 Å². The SMILES string of the molecule is O=C(OCO)c1ccco1. The van der Waals surface area contributed by atoms with Crippen molar-refractivity contribution in [3.8, 4) is 0 Å². The molecule has 0 spiro atoms. The Labute approximate surface area is 57.0 Å². The predicted molar refractivity (Wildman–Crippen MR) is 31.2 cm³/mol. The van der Waals surface area contributed by atoms with E-state index >= 15 is 0 Å². The van der Waals surface area contributed by atoms with Gasteiger partial charge in [-0.1, -0.05) is 0 Å². The molecule has 54 valence electrons. The third-order valence-electron chi connectivity index (χ3n) is 0.918. The number of hydrogen-bond donors (Lipinski definition) is 1. The summed E-state index contributed by atoms with van der Waals surface area (Å²) in [7, 11) is 0. The fraction of sp³-hybridized carbons (Fsp3) is 0.167. The number of rotatable bonds is 2. The fourth-order valence-corrected chi connectivity index (χ4v) is 0.524. The molecule has 10 heavy (non-hydrogen) atoms. The van der Waals surface area contributed by atoms with Crippen LogP contribution in [-0.4, -0.2) is 17.9 Å². The second-order valence-corrected chi connectivity index (χ2v) is 1.54. The first-order valence-corrected chi connectivity index (χ1v) is 2.66. The molecule has 0 atom stereocenters. The number of carbonyl (C=O) groups is 1. The Hall–Kier alpha value is -1.29. The molecule has 1 aromatic heterocycles. The van der Waals surface area contributed by atoms with Crippen LogP contribution in [0.25, 0.3) is 0 Å². The summed E-state index contributed by atoms with van der Waals surface area (Å²) in [6.45, 7) is -0.625. The number of hydrogen-bond acceptors (Lipinski definition) is 4. The first kappa shape index (κ1) is 6.82. The maximum Gasteiger partial charge on any atom is 0.376 e. The zero-order valence-corrected chi connectivity index (χ0v) is 5.11. The highest BCUT2D eigenvalue weighted by Crippen LogP contribution is 2.00. The zero-order valence-electron chi connectivity index (χ0n) is 5.11. The molecule has 4 nitrogen and oxygen atoms in total. The maximum absolute atomic E-state index is 10.6. The maximum atomic E-state index is 10.6. The number of esters is 1. The van der Waals surface area contributed by atoms with Crippen LogP contribution in [-0.2, 0) is 4.74 Å². The molecule has 1 aromatic rings. The summed E-state index contributed by atoms with van der Waals surface area (Å²) in [5.74, 6) is -0.568. The number of furan rings is 1. The van der Waals surface area contributed by atoms with Crippen LogP contribution in [0.2, 0.25) is 0 Å². The lowest BCUT2D eigenvalue weighted by molar-refractivity contribution is 0.00383. The van der Waals surface area contributed by atoms with Gasteiger partial charge < -0.3 is 14.3 Å². The minimum absolute atomic E-state index is 0.0917. The van der Waals surface area contributed by atoms with Gasteiger partial charge in [0.15, 0.2) is 6.79 Å². The third kappa shape index (κ3) is 1.35. The van der Waals surface area contributed by atoms with Gasteiger partial charge in [0.2, 0.25) is 5.76 Å². The minimum atomic E-state index is -0.660. The third-order valence-corrected chi connectivity index (χ3v) is 0.918. The average Bonchev–Trinajstić information content (AvgIpc) is 2.38. The molecule has 0 aliphatic carbocycles. The van der Waals surface area contributed by atoms with Crippen LogP contribution >= 0.6 is 0 Å². The normalized spacial score (nSPS) is 9.30. The Bertz CT molecular complexity index is 202. The molecule has 1 heterocycles. The van der Waals surface area contributed by atoms with Crippen molar-refractivity contribution in [1.82, 2.24) is 0 Å². The standard InChI is InChI=1S/C6H6O4/c7-4-10-6(8)5-2-1-3-9-5/h1-3,7H,4H2. The van der Waals surface area contributed by atoms with Crippen LogP contribution in [0.1, 0.15) is 10.6 Å². The van der Waals surface area contributed by atoms with Crippen LogP contribution in [0.5, 0.6) is 0 Å². The Balaban J connectivity index is 2.59. The van der Waals surface area contributed by atoms with Gasteiger partial charge in [-0.25, -0.2) is 4.79 Å². The van der Waals surface area contributed by atoms with Crippen LogP contribution < -0.4 is 0 Å². The highest BCUT2D eigenvalue weighted by atomic mass is 16.6. The zero-order chi connectivity index (χ0) is 7.40. The summed E-state index contributed by atoms with van der Waals surface area (Å²) in [5, 5.41) is 8.15. The second kappa shape index (κ2) is 3.03. The summed E-state index contributed by atoms with van der Waals surface area (Å²) >= 11 is 0. The van der Waals surface area contributed by atoms with Crippen molar-refractivity contribution in [3.05, 3.63) is 24.2 Å². The van der Waals surface area contributed by atoms with E-state index in [1.54, 1.807) is 6.07 Å². The van der Waals surface area contributed by atoms with Crippen molar-refractivity contribution < 1.29 is 19.1 Å². The molecule has 0 radical (unpaired) electrons. The van der Waals surface area contributed by atoms with Crippen molar-refractivity contribution >= 4 is 5.97 Å². The molecular formula is C6H6O4. The van der Waals surface area contributed by atoms with E-state index in [9.17, 15) is 4.79 Å². The van der Waals surface area contributed by atoms with Gasteiger partial charge in [0.05, 0.1) is 6.26 Å².